The number of benzene rings is 1. The molecular weight excluding hydrogens is 230 g/mol. The van der Waals surface area contributed by atoms with Gasteiger partial charge >= 0.3 is 12.0 Å². The lowest BCUT2D eigenvalue weighted by Gasteiger charge is -2.12. The monoisotopic (exact) mass is 239 g/mol. The second-order valence-electron chi connectivity index (χ2n) is 3.10. The maximum Gasteiger partial charge on any atom is 0.331 e. The summed E-state index contributed by atoms with van der Waals surface area (Å²) in [5.74, 6) is -1.43. The van der Waals surface area contributed by atoms with Crippen molar-refractivity contribution in [1.29, 1.82) is 0 Å². The molecule has 0 heterocycles. The quantitative estimate of drug-likeness (QED) is 0.515. The number of hydrogen-bond acceptors (Lipinski definition) is 4. The number of carbonyl (C=O) groups is 2. The minimum atomic E-state index is -1.55. The molecule has 1 aromatic rings. The summed E-state index contributed by atoms with van der Waals surface area (Å²) in [5, 5.41) is 21.5. The lowest BCUT2D eigenvalue weighted by Crippen LogP contribution is -2.37. The minimum absolute atomic E-state index is 0.135. The molecule has 0 fully saturated rings. The van der Waals surface area contributed by atoms with Gasteiger partial charge in [-0.1, -0.05) is 12.1 Å². The van der Waals surface area contributed by atoms with Gasteiger partial charge in [0.1, 0.15) is 0 Å². The van der Waals surface area contributed by atoms with Crippen molar-refractivity contribution in [3.05, 3.63) is 39.9 Å². The number of hydrogen-bond donors (Lipinski definition) is 3. The third-order valence-corrected chi connectivity index (χ3v) is 1.98. The van der Waals surface area contributed by atoms with Gasteiger partial charge in [-0.05, 0) is 6.07 Å². The Morgan fingerprint density at radius 3 is 2.47 bits per heavy atom. The second-order valence-corrected chi connectivity index (χ2v) is 3.10. The number of carboxylic acids is 1. The fourth-order valence-corrected chi connectivity index (χ4v) is 1.31. The highest BCUT2D eigenvalue weighted by atomic mass is 16.6. The number of nitrogens with zero attached hydrogens (tertiary/aromatic N) is 1. The third kappa shape index (κ3) is 2.91. The summed E-state index contributed by atoms with van der Waals surface area (Å²) in [6, 6.07) is 2.59. The van der Waals surface area contributed by atoms with E-state index in [2.05, 4.69) is 0 Å². The SMILES string of the molecule is NC(=O)NC(C(=O)O)c1ccccc1[N+](=O)[O-]. The van der Waals surface area contributed by atoms with E-state index in [1.54, 1.807) is 0 Å². The predicted octanol–water partition coefficient (Wildman–Crippen LogP) is 0.389. The zero-order valence-corrected chi connectivity index (χ0v) is 8.49. The Morgan fingerprint density at radius 2 is 2.00 bits per heavy atom. The Morgan fingerprint density at radius 1 is 1.41 bits per heavy atom. The number of carboxylic acid groups (broad SMARTS) is 1. The fourth-order valence-electron chi connectivity index (χ4n) is 1.31. The lowest BCUT2D eigenvalue weighted by molar-refractivity contribution is -0.385. The van der Waals surface area contributed by atoms with Crippen molar-refractivity contribution in [1.82, 2.24) is 5.32 Å². The summed E-state index contributed by atoms with van der Waals surface area (Å²) in [7, 11) is 0. The Balaban J connectivity index is 3.22. The van der Waals surface area contributed by atoms with E-state index < -0.39 is 28.7 Å². The number of carbonyl (C=O) groups excluding carboxylic acids is 1. The third-order valence-electron chi connectivity index (χ3n) is 1.98. The number of primary amides is 1. The van der Waals surface area contributed by atoms with E-state index in [0.29, 0.717) is 0 Å². The van der Waals surface area contributed by atoms with Crippen molar-refractivity contribution in [2.75, 3.05) is 0 Å². The van der Waals surface area contributed by atoms with Crippen LogP contribution in [0.4, 0.5) is 10.5 Å². The normalized spacial score (nSPS) is 11.5. The first kappa shape index (κ1) is 12.4. The summed E-state index contributed by atoms with van der Waals surface area (Å²) in [5.41, 5.74) is 4.28. The van der Waals surface area contributed by atoms with Crippen LogP contribution in [0.1, 0.15) is 11.6 Å². The minimum Gasteiger partial charge on any atom is -0.479 e. The van der Waals surface area contributed by atoms with Crippen molar-refractivity contribution in [2.24, 2.45) is 5.73 Å². The van der Waals surface area contributed by atoms with Crippen molar-refractivity contribution in [3.63, 3.8) is 0 Å². The Labute approximate surface area is 95.2 Å². The number of nitrogens with one attached hydrogen (secondary N) is 1. The average molecular weight is 239 g/mol. The molecule has 90 valence electrons. The Kier molecular flexibility index (Phi) is 3.60. The molecule has 0 spiro atoms. The molecule has 0 saturated heterocycles. The first-order chi connectivity index (χ1) is 7.93. The number of para-hydroxylation sites is 1. The number of nitro benzene ring substituents is 1. The highest BCUT2D eigenvalue weighted by Crippen LogP contribution is 2.24. The lowest BCUT2D eigenvalue weighted by atomic mass is 10.1. The van der Waals surface area contributed by atoms with Crippen LogP contribution in [-0.2, 0) is 4.79 Å². The van der Waals surface area contributed by atoms with E-state index >= 15 is 0 Å². The van der Waals surface area contributed by atoms with E-state index in [1.807, 2.05) is 5.32 Å². The van der Waals surface area contributed by atoms with Crippen LogP contribution in [0.15, 0.2) is 24.3 Å². The van der Waals surface area contributed by atoms with Crippen molar-refractivity contribution in [3.8, 4) is 0 Å². The maximum atomic E-state index is 10.9. The highest BCUT2D eigenvalue weighted by Gasteiger charge is 2.28. The highest BCUT2D eigenvalue weighted by molar-refractivity contribution is 5.83. The molecule has 8 nitrogen and oxygen atoms in total. The molecule has 0 bridgehead atoms. The molecule has 0 saturated carbocycles. The van der Waals surface area contributed by atoms with E-state index in [-0.39, 0.29) is 5.56 Å². The smallest absolute Gasteiger partial charge is 0.331 e. The van der Waals surface area contributed by atoms with Crippen LogP contribution in [0, 0.1) is 10.1 Å². The van der Waals surface area contributed by atoms with E-state index in [9.17, 15) is 19.7 Å². The first-order valence-corrected chi connectivity index (χ1v) is 4.45. The maximum absolute atomic E-state index is 10.9. The molecule has 1 atom stereocenters. The fraction of sp³-hybridized carbons (Fsp3) is 0.111. The number of urea groups is 1. The molecule has 1 aromatic carbocycles. The molecule has 17 heavy (non-hydrogen) atoms. The molecule has 0 aliphatic heterocycles. The Hall–Kier alpha value is -2.64. The Bertz CT molecular complexity index is 473. The van der Waals surface area contributed by atoms with Crippen LogP contribution in [0.2, 0.25) is 0 Å². The van der Waals surface area contributed by atoms with Gasteiger partial charge in [0, 0.05) is 6.07 Å². The summed E-state index contributed by atoms with van der Waals surface area (Å²) >= 11 is 0. The molecule has 4 N–H and O–H groups in total. The van der Waals surface area contributed by atoms with Crippen LogP contribution >= 0.6 is 0 Å². The van der Waals surface area contributed by atoms with Gasteiger partial charge < -0.3 is 16.2 Å². The summed E-state index contributed by atoms with van der Waals surface area (Å²) in [4.78, 5) is 31.5. The molecule has 0 aliphatic carbocycles. The molecule has 2 amide bonds. The van der Waals surface area contributed by atoms with Crippen LogP contribution < -0.4 is 11.1 Å². The van der Waals surface area contributed by atoms with Crippen LogP contribution in [0.25, 0.3) is 0 Å². The molecule has 1 rings (SSSR count). The predicted molar refractivity (Wildman–Crippen MR) is 56.2 cm³/mol. The largest absolute Gasteiger partial charge is 0.479 e. The van der Waals surface area contributed by atoms with Gasteiger partial charge in [-0.25, -0.2) is 9.59 Å². The summed E-state index contributed by atoms with van der Waals surface area (Å²) in [6.07, 6.45) is 0. The van der Waals surface area contributed by atoms with Gasteiger partial charge in [-0.3, -0.25) is 10.1 Å². The number of rotatable bonds is 4. The molecule has 1 unspecified atom stereocenters. The standard InChI is InChI=1S/C9H9N3O5/c10-9(15)11-7(8(13)14)5-3-1-2-4-6(5)12(16)17/h1-4,7H,(H,13,14)(H3,10,11,15). The van der Waals surface area contributed by atoms with Crippen LogP contribution in [0.3, 0.4) is 0 Å². The molecular formula is C9H9N3O5. The van der Waals surface area contributed by atoms with E-state index in [1.165, 1.54) is 18.2 Å². The summed E-state index contributed by atoms with van der Waals surface area (Å²) < 4.78 is 0. The first-order valence-electron chi connectivity index (χ1n) is 4.45. The molecule has 0 radical (unpaired) electrons. The molecule has 8 heteroatoms. The van der Waals surface area contributed by atoms with Crippen molar-refractivity contribution >= 4 is 17.7 Å². The van der Waals surface area contributed by atoms with Gasteiger partial charge in [0.15, 0.2) is 6.04 Å². The number of amides is 2. The van der Waals surface area contributed by atoms with Crippen LogP contribution in [-0.4, -0.2) is 22.0 Å². The second kappa shape index (κ2) is 4.92. The van der Waals surface area contributed by atoms with Gasteiger partial charge in [0.05, 0.1) is 10.5 Å². The summed E-state index contributed by atoms with van der Waals surface area (Å²) in [6.45, 7) is 0. The van der Waals surface area contributed by atoms with E-state index in [0.717, 1.165) is 6.07 Å². The number of aliphatic carboxylic acids is 1. The van der Waals surface area contributed by atoms with E-state index in [4.69, 9.17) is 10.8 Å². The average Bonchev–Trinajstić information content (AvgIpc) is 2.25. The molecule has 0 aromatic heterocycles. The molecule has 0 aliphatic rings. The van der Waals surface area contributed by atoms with Gasteiger partial charge in [-0.2, -0.15) is 0 Å². The van der Waals surface area contributed by atoms with Gasteiger partial charge in [0.2, 0.25) is 0 Å². The van der Waals surface area contributed by atoms with Gasteiger partial charge in [-0.15, -0.1) is 0 Å². The topological polar surface area (TPSA) is 136 Å². The zero-order chi connectivity index (χ0) is 13.0. The zero-order valence-electron chi connectivity index (χ0n) is 8.49. The van der Waals surface area contributed by atoms with Crippen molar-refractivity contribution in [2.45, 2.75) is 6.04 Å². The van der Waals surface area contributed by atoms with Crippen molar-refractivity contribution < 1.29 is 19.6 Å². The number of nitrogens with two attached hydrogens (primary N) is 1. The number of nitro groups is 1. The van der Waals surface area contributed by atoms with Crippen LogP contribution in [0.5, 0.6) is 0 Å². The van der Waals surface area contributed by atoms with Gasteiger partial charge in [0.25, 0.3) is 5.69 Å².